The molecule has 0 aliphatic rings. The molecule has 9 nitrogen and oxygen atoms in total. The smallest absolute Gasteiger partial charge is 0.345 e. The van der Waals surface area contributed by atoms with Gasteiger partial charge in [0.25, 0.3) is 11.6 Å². The number of para-hydroxylation sites is 1. The number of benzene rings is 2. The van der Waals surface area contributed by atoms with E-state index in [1.807, 2.05) is 19.1 Å². The van der Waals surface area contributed by atoms with Gasteiger partial charge in [0.2, 0.25) is 0 Å². The second-order valence-electron chi connectivity index (χ2n) is 5.62. The van der Waals surface area contributed by atoms with Crippen molar-refractivity contribution in [2.45, 2.75) is 13.3 Å². The lowest BCUT2D eigenvalue weighted by molar-refractivity contribution is -0.385. The highest BCUT2D eigenvalue weighted by Gasteiger charge is 2.26. The third kappa shape index (κ3) is 4.76. The van der Waals surface area contributed by atoms with E-state index in [1.165, 1.54) is 14.2 Å². The van der Waals surface area contributed by atoms with E-state index in [0.717, 1.165) is 17.7 Å². The van der Waals surface area contributed by atoms with Crippen molar-refractivity contribution in [1.82, 2.24) is 0 Å². The van der Waals surface area contributed by atoms with Crippen LogP contribution < -0.4 is 14.8 Å². The number of carbonyl (C=O) groups excluding carboxylic acids is 2. The Morgan fingerprint density at radius 1 is 1.11 bits per heavy atom. The Hall–Kier alpha value is -3.62. The van der Waals surface area contributed by atoms with Gasteiger partial charge < -0.3 is 19.5 Å². The van der Waals surface area contributed by atoms with Crippen molar-refractivity contribution in [3.63, 3.8) is 0 Å². The predicted octanol–water partition coefficient (Wildman–Crippen LogP) is 2.97. The van der Waals surface area contributed by atoms with Crippen molar-refractivity contribution in [3.05, 3.63) is 57.6 Å². The zero-order chi connectivity index (χ0) is 20.7. The first-order valence-corrected chi connectivity index (χ1v) is 8.36. The van der Waals surface area contributed by atoms with Crippen molar-refractivity contribution in [3.8, 4) is 11.5 Å². The van der Waals surface area contributed by atoms with Crippen molar-refractivity contribution >= 4 is 23.3 Å². The zero-order valence-corrected chi connectivity index (χ0v) is 15.7. The summed E-state index contributed by atoms with van der Waals surface area (Å²) in [7, 11) is 2.65. The number of aryl methyl sites for hydroxylation is 1. The second kappa shape index (κ2) is 9.36. The third-order valence-corrected chi connectivity index (χ3v) is 3.93. The number of hydrogen-bond acceptors (Lipinski definition) is 7. The van der Waals surface area contributed by atoms with Gasteiger partial charge in [-0.15, -0.1) is 0 Å². The maximum Gasteiger partial charge on any atom is 0.345 e. The van der Waals surface area contributed by atoms with E-state index >= 15 is 0 Å². The summed E-state index contributed by atoms with van der Waals surface area (Å²) in [6, 6.07) is 9.43. The summed E-state index contributed by atoms with van der Waals surface area (Å²) in [5.74, 6) is -1.36. The van der Waals surface area contributed by atoms with Gasteiger partial charge >= 0.3 is 5.97 Å². The minimum atomic E-state index is -1.02. The molecule has 1 N–H and O–H groups in total. The van der Waals surface area contributed by atoms with E-state index in [4.69, 9.17) is 14.2 Å². The maximum absolute atomic E-state index is 12.3. The average molecular weight is 388 g/mol. The minimum Gasteiger partial charge on any atom is -0.493 e. The fourth-order valence-corrected chi connectivity index (χ4v) is 2.53. The van der Waals surface area contributed by atoms with Crippen molar-refractivity contribution in [2.75, 3.05) is 26.1 Å². The molecule has 0 radical (unpaired) electrons. The second-order valence-corrected chi connectivity index (χ2v) is 5.62. The van der Waals surface area contributed by atoms with E-state index in [0.29, 0.717) is 12.1 Å². The number of nitrogens with one attached hydrogen (secondary N) is 1. The normalized spacial score (nSPS) is 10.1. The van der Waals surface area contributed by atoms with Crippen LogP contribution in [0.1, 0.15) is 22.8 Å². The molecule has 2 aromatic carbocycles. The summed E-state index contributed by atoms with van der Waals surface area (Å²) in [6.45, 7) is 1.35. The summed E-state index contributed by atoms with van der Waals surface area (Å²) >= 11 is 0. The molecule has 0 bridgehead atoms. The van der Waals surface area contributed by atoms with Crippen LogP contribution in [0.4, 0.5) is 11.4 Å². The fraction of sp³-hybridized carbons (Fsp3) is 0.263. The van der Waals surface area contributed by atoms with Gasteiger partial charge in [-0.25, -0.2) is 4.79 Å². The van der Waals surface area contributed by atoms with E-state index in [2.05, 4.69) is 5.32 Å². The molecule has 28 heavy (non-hydrogen) atoms. The molecular weight excluding hydrogens is 368 g/mol. The van der Waals surface area contributed by atoms with Crippen LogP contribution in [0, 0.1) is 10.1 Å². The van der Waals surface area contributed by atoms with Crippen LogP contribution in [-0.2, 0) is 16.0 Å². The molecule has 2 rings (SSSR count). The predicted molar refractivity (Wildman–Crippen MR) is 101 cm³/mol. The summed E-state index contributed by atoms with van der Waals surface area (Å²) in [6.07, 6.45) is 0.716. The Labute approximate surface area is 161 Å². The Bertz CT molecular complexity index is 896. The Morgan fingerprint density at radius 3 is 2.36 bits per heavy atom. The summed E-state index contributed by atoms with van der Waals surface area (Å²) in [5, 5.41) is 13.9. The van der Waals surface area contributed by atoms with Crippen LogP contribution in [0.5, 0.6) is 11.5 Å². The largest absolute Gasteiger partial charge is 0.493 e. The van der Waals surface area contributed by atoms with Gasteiger partial charge in [-0.3, -0.25) is 14.9 Å². The Morgan fingerprint density at radius 2 is 1.75 bits per heavy atom. The number of nitro benzene ring substituents is 1. The molecule has 2 aromatic rings. The number of anilines is 1. The van der Waals surface area contributed by atoms with Crippen molar-refractivity contribution < 1.29 is 28.7 Å². The lowest BCUT2D eigenvalue weighted by Crippen LogP contribution is -2.22. The quantitative estimate of drug-likeness (QED) is 0.420. The maximum atomic E-state index is 12.3. The number of ether oxygens (including phenoxy) is 3. The topological polar surface area (TPSA) is 117 Å². The number of carbonyl (C=O) groups is 2. The molecule has 0 heterocycles. The molecule has 9 heteroatoms. The summed E-state index contributed by atoms with van der Waals surface area (Å²) in [5.41, 5.74) is 0.685. The van der Waals surface area contributed by atoms with Gasteiger partial charge in [0, 0.05) is 11.8 Å². The number of nitrogens with zero attached hydrogens (tertiary/aromatic N) is 1. The standard InChI is InChI=1S/C19H20N2O7/c1-4-12-7-5-6-8-14(12)20-18(22)11-28-19(23)13-9-16(26-2)17(27-3)10-15(13)21(24)25/h5-10H,4,11H2,1-3H3,(H,20,22). The van der Waals surface area contributed by atoms with E-state index in [1.54, 1.807) is 12.1 Å². The number of esters is 1. The Kier molecular flexibility index (Phi) is 6.91. The van der Waals surface area contributed by atoms with Crippen LogP contribution in [0.3, 0.4) is 0 Å². The molecule has 1 amide bonds. The SMILES string of the molecule is CCc1ccccc1NC(=O)COC(=O)c1cc(OC)c(OC)cc1[N+](=O)[O-]. The number of methoxy groups -OCH3 is 2. The molecule has 148 valence electrons. The highest BCUT2D eigenvalue weighted by atomic mass is 16.6. The molecule has 0 atom stereocenters. The molecule has 0 aliphatic carbocycles. The molecule has 0 saturated carbocycles. The average Bonchev–Trinajstić information content (AvgIpc) is 2.71. The van der Waals surface area contributed by atoms with Crippen molar-refractivity contribution in [1.29, 1.82) is 0 Å². The van der Waals surface area contributed by atoms with Gasteiger partial charge in [0.05, 0.1) is 25.2 Å². The Balaban J connectivity index is 2.14. The molecule has 0 fully saturated rings. The first-order chi connectivity index (χ1) is 13.4. The first kappa shape index (κ1) is 20.7. The number of amides is 1. The molecule has 0 aromatic heterocycles. The molecular formula is C19H20N2O7. The highest BCUT2D eigenvalue weighted by molar-refractivity contribution is 5.98. The van der Waals surface area contributed by atoms with Crippen molar-refractivity contribution in [2.24, 2.45) is 0 Å². The molecule has 0 spiro atoms. The molecule has 0 saturated heterocycles. The van der Waals surface area contributed by atoms with E-state index in [9.17, 15) is 19.7 Å². The summed E-state index contributed by atoms with van der Waals surface area (Å²) < 4.78 is 15.0. The minimum absolute atomic E-state index is 0.0969. The van der Waals surface area contributed by atoms with Crippen LogP contribution in [0.25, 0.3) is 0 Å². The van der Waals surface area contributed by atoms with Gasteiger partial charge in [-0.1, -0.05) is 25.1 Å². The number of nitro groups is 1. The van der Waals surface area contributed by atoms with Gasteiger partial charge in [-0.05, 0) is 18.1 Å². The third-order valence-electron chi connectivity index (χ3n) is 3.93. The monoisotopic (exact) mass is 388 g/mol. The summed E-state index contributed by atoms with van der Waals surface area (Å²) in [4.78, 5) is 34.9. The number of hydrogen-bond donors (Lipinski definition) is 1. The van der Waals surface area contributed by atoms with Crippen LogP contribution >= 0.6 is 0 Å². The zero-order valence-electron chi connectivity index (χ0n) is 15.7. The fourth-order valence-electron chi connectivity index (χ4n) is 2.53. The number of rotatable bonds is 8. The molecule has 0 aliphatic heterocycles. The molecule has 0 unspecified atom stereocenters. The van der Waals surface area contributed by atoms with Crippen LogP contribution in [0.15, 0.2) is 36.4 Å². The van der Waals surface area contributed by atoms with Crippen LogP contribution in [-0.4, -0.2) is 37.6 Å². The van der Waals surface area contributed by atoms with Gasteiger partial charge in [-0.2, -0.15) is 0 Å². The van der Waals surface area contributed by atoms with E-state index in [-0.39, 0.29) is 17.1 Å². The van der Waals surface area contributed by atoms with E-state index < -0.39 is 29.1 Å². The van der Waals surface area contributed by atoms with Crippen LogP contribution in [0.2, 0.25) is 0 Å². The lowest BCUT2D eigenvalue weighted by atomic mass is 10.1. The highest BCUT2D eigenvalue weighted by Crippen LogP contribution is 2.34. The first-order valence-electron chi connectivity index (χ1n) is 8.36. The lowest BCUT2D eigenvalue weighted by Gasteiger charge is -2.11. The van der Waals surface area contributed by atoms with Gasteiger partial charge in [0.15, 0.2) is 18.1 Å². The van der Waals surface area contributed by atoms with Gasteiger partial charge in [0.1, 0.15) is 5.56 Å².